The van der Waals surface area contributed by atoms with E-state index in [9.17, 15) is 14.9 Å². The highest BCUT2D eigenvalue weighted by Gasteiger charge is 2.23. The Kier molecular flexibility index (Phi) is 3.42. The molecule has 1 rings (SSSR count). The second-order valence-electron chi connectivity index (χ2n) is 3.69. The number of carbonyl (C=O) groups excluding carboxylic acids is 1. The van der Waals surface area contributed by atoms with E-state index in [1.54, 1.807) is 19.9 Å². The van der Waals surface area contributed by atoms with Gasteiger partial charge in [-0.1, -0.05) is 17.7 Å². The molecule has 0 aliphatic heterocycles. The van der Waals surface area contributed by atoms with Gasteiger partial charge >= 0.3 is 0 Å². The highest BCUT2D eigenvalue weighted by molar-refractivity contribution is 6.32. The molecule has 16 heavy (non-hydrogen) atoms. The van der Waals surface area contributed by atoms with Crippen LogP contribution in [0.25, 0.3) is 0 Å². The topological polar surface area (TPSA) is 72.6 Å². The first-order valence-corrected chi connectivity index (χ1v) is 4.80. The van der Waals surface area contributed by atoms with Crippen LogP contribution in [0, 0.1) is 10.1 Å². The van der Waals surface area contributed by atoms with Crippen molar-refractivity contribution in [3.05, 3.63) is 38.9 Å². The second-order valence-corrected chi connectivity index (χ2v) is 4.09. The molecule has 0 heterocycles. The zero-order valence-electron chi connectivity index (χ0n) is 8.73. The maximum atomic E-state index is 10.7. The average Bonchev–Trinajstić information content (AvgIpc) is 2.17. The molecule has 0 aliphatic rings. The Labute approximate surface area is 96.9 Å². The summed E-state index contributed by atoms with van der Waals surface area (Å²) in [5, 5.41) is 10.7. The normalized spacial score (nSPS) is 10.7. The Morgan fingerprint density at radius 1 is 1.50 bits per heavy atom. The van der Waals surface area contributed by atoms with Crippen LogP contribution in [0.4, 0.5) is 5.69 Å². The first-order chi connectivity index (χ1) is 7.38. The number of benzene rings is 1. The van der Waals surface area contributed by atoms with Crippen molar-refractivity contribution in [1.29, 1.82) is 0 Å². The van der Waals surface area contributed by atoms with Gasteiger partial charge in [0.25, 0.3) is 5.69 Å². The Balaban J connectivity index is 3.32. The van der Waals surface area contributed by atoms with Gasteiger partial charge in [-0.05, 0) is 25.5 Å². The monoisotopic (exact) mass is 240 g/mol. The van der Waals surface area contributed by atoms with Gasteiger partial charge in [0.1, 0.15) is 5.02 Å². The first-order valence-electron chi connectivity index (χ1n) is 4.42. The maximum absolute atomic E-state index is 10.7. The lowest BCUT2D eigenvalue weighted by molar-refractivity contribution is -0.384. The van der Waals surface area contributed by atoms with Crippen LogP contribution in [0.1, 0.15) is 19.4 Å². The van der Waals surface area contributed by atoms with Crippen molar-refractivity contribution >= 4 is 23.4 Å². The summed E-state index contributed by atoms with van der Waals surface area (Å²) in [7, 11) is 0. The van der Waals surface area contributed by atoms with Crippen molar-refractivity contribution in [3.8, 4) is 0 Å². The Bertz CT molecular complexity index is 479. The molecule has 0 bridgehead atoms. The standard InChI is InChI=1S/C10H9ClN2O3/c1-10(2,12-6-14)7-3-4-8(11)9(5-7)13(15)16/h3-5H,1-2H3. The fourth-order valence-corrected chi connectivity index (χ4v) is 1.40. The van der Waals surface area contributed by atoms with Gasteiger partial charge in [-0.15, -0.1) is 0 Å². The number of hydrogen-bond donors (Lipinski definition) is 0. The molecule has 5 nitrogen and oxygen atoms in total. The predicted octanol–water partition coefficient (Wildman–Crippen LogP) is 2.82. The third-order valence-corrected chi connectivity index (χ3v) is 2.49. The molecule has 0 aliphatic carbocycles. The van der Waals surface area contributed by atoms with Crippen LogP contribution < -0.4 is 0 Å². The SMILES string of the molecule is CC(C)(N=C=O)c1ccc(Cl)c([N+](=O)[O-])c1. The van der Waals surface area contributed by atoms with Crippen LogP contribution in [0.15, 0.2) is 23.2 Å². The van der Waals surface area contributed by atoms with Crippen LogP contribution in [0.5, 0.6) is 0 Å². The predicted molar refractivity (Wildman–Crippen MR) is 59.3 cm³/mol. The van der Waals surface area contributed by atoms with Gasteiger partial charge in [-0.3, -0.25) is 10.1 Å². The largest absolute Gasteiger partial charge is 0.288 e. The van der Waals surface area contributed by atoms with Crippen molar-refractivity contribution in [2.45, 2.75) is 19.4 Å². The Morgan fingerprint density at radius 2 is 2.12 bits per heavy atom. The van der Waals surface area contributed by atoms with Gasteiger partial charge < -0.3 is 0 Å². The lowest BCUT2D eigenvalue weighted by Crippen LogP contribution is -2.13. The smallest absolute Gasteiger partial charge is 0.258 e. The van der Waals surface area contributed by atoms with E-state index in [0.29, 0.717) is 5.56 Å². The van der Waals surface area contributed by atoms with Crippen LogP contribution in [-0.2, 0) is 10.3 Å². The molecule has 0 aromatic heterocycles. The number of aliphatic imine (C=N–C) groups is 1. The van der Waals surface area contributed by atoms with Crippen molar-refractivity contribution in [1.82, 2.24) is 0 Å². The zero-order valence-corrected chi connectivity index (χ0v) is 9.49. The van der Waals surface area contributed by atoms with Crippen molar-refractivity contribution in [2.24, 2.45) is 4.99 Å². The van der Waals surface area contributed by atoms with E-state index in [1.807, 2.05) is 0 Å². The highest BCUT2D eigenvalue weighted by Crippen LogP contribution is 2.31. The van der Waals surface area contributed by atoms with Gasteiger partial charge in [0.2, 0.25) is 6.08 Å². The van der Waals surface area contributed by atoms with Gasteiger partial charge in [0, 0.05) is 6.07 Å². The summed E-state index contributed by atoms with van der Waals surface area (Å²) in [6, 6.07) is 4.32. The van der Waals surface area contributed by atoms with E-state index in [-0.39, 0.29) is 10.7 Å². The number of halogens is 1. The summed E-state index contributed by atoms with van der Waals surface area (Å²) in [4.78, 5) is 23.9. The average molecular weight is 241 g/mol. The third kappa shape index (κ3) is 2.45. The molecule has 0 amide bonds. The molecule has 0 N–H and O–H groups in total. The summed E-state index contributed by atoms with van der Waals surface area (Å²) in [5.41, 5.74) is -0.516. The van der Waals surface area contributed by atoms with Crippen molar-refractivity contribution in [3.63, 3.8) is 0 Å². The van der Waals surface area contributed by atoms with Crippen LogP contribution in [0.2, 0.25) is 5.02 Å². The Morgan fingerprint density at radius 3 is 2.62 bits per heavy atom. The number of rotatable bonds is 3. The van der Waals surface area contributed by atoms with Gasteiger partial charge in [0.05, 0.1) is 10.5 Å². The number of hydrogen-bond acceptors (Lipinski definition) is 4. The molecule has 0 saturated heterocycles. The van der Waals surface area contributed by atoms with Crippen molar-refractivity contribution in [2.75, 3.05) is 0 Å². The molecule has 0 fully saturated rings. The minimum Gasteiger partial charge on any atom is -0.258 e. The lowest BCUT2D eigenvalue weighted by atomic mass is 9.95. The summed E-state index contributed by atoms with van der Waals surface area (Å²) < 4.78 is 0. The van der Waals surface area contributed by atoms with E-state index in [0.717, 1.165) is 0 Å². The van der Waals surface area contributed by atoms with Crippen molar-refractivity contribution < 1.29 is 9.72 Å². The summed E-state index contributed by atoms with van der Waals surface area (Å²) in [5.74, 6) is 0. The highest BCUT2D eigenvalue weighted by atomic mass is 35.5. The summed E-state index contributed by atoms with van der Waals surface area (Å²) >= 11 is 5.67. The van der Waals surface area contributed by atoms with E-state index in [1.165, 1.54) is 18.2 Å². The molecule has 0 spiro atoms. The molecule has 0 radical (unpaired) electrons. The number of nitro benzene ring substituents is 1. The Hall–Kier alpha value is -1.71. The van der Waals surface area contributed by atoms with E-state index in [4.69, 9.17) is 11.6 Å². The minimum absolute atomic E-state index is 0.0552. The van der Waals surface area contributed by atoms with E-state index in [2.05, 4.69) is 4.99 Å². The molecule has 84 valence electrons. The first kappa shape index (κ1) is 12.4. The van der Waals surface area contributed by atoms with Gasteiger partial charge in [0.15, 0.2) is 0 Å². The summed E-state index contributed by atoms with van der Waals surface area (Å²) in [6.07, 6.45) is 1.44. The molecule has 0 unspecified atom stereocenters. The van der Waals surface area contributed by atoms with E-state index >= 15 is 0 Å². The number of nitro groups is 1. The molecule has 1 aromatic carbocycles. The van der Waals surface area contributed by atoms with Crippen LogP contribution in [-0.4, -0.2) is 11.0 Å². The summed E-state index contributed by atoms with van der Waals surface area (Å²) in [6.45, 7) is 3.32. The lowest BCUT2D eigenvalue weighted by Gasteiger charge is -2.17. The third-order valence-electron chi connectivity index (χ3n) is 2.17. The van der Waals surface area contributed by atoms with Gasteiger partial charge in [-0.2, -0.15) is 4.99 Å². The van der Waals surface area contributed by atoms with Crippen LogP contribution >= 0.6 is 11.6 Å². The van der Waals surface area contributed by atoms with Gasteiger partial charge in [-0.25, -0.2) is 4.79 Å². The fourth-order valence-electron chi connectivity index (χ4n) is 1.21. The molecule has 6 heteroatoms. The maximum Gasteiger partial charge on any atom is 0.288 e. The second kappa shape index (κ2) is 4.43. The molecule has 1 aromatic rings. The minimum atomic E-state index is -0.850. The zero-order chi connectivity index (χ0) is 12.3. The fraction of sp³-hybridized carbons (Fsp3) is 0.300. The quantitative estimate of drug-likeness (QED) is 0.353. The van der Waals surface area contributed by atoms with E-state index < -0.39 is 10.5 Å². The molecule has 0 atom stereocenters. The number of nitrogens with zero attached hydrogens (tertiary/aromatic N) is 2. The molecule has 0 saturated carbocycles. The van der Waals surface area contributed by atoms with Crippen LogP contribution in [0.3, 0.4) is 0 Å². The number of isocyanates is 1. The molecular weight excluding hydrogens is 232 g/mol. The molecular formula is C10H9ClN2O3.